The Labute approximate surface area is 164 Å². The number of carbonyl (C=O) groups excluding carboxylic acids is 1. The van der Waals surface area contributed by atoms with Gasteiger partial charge in [-0.1, -0.05) is 64.6 Å². The van der Waals surface area contributed by atoms with Crippen LogP contribution in [-0.4, -0.2) is 20.9 Å². The number of halogens is 4. The van der Waals surface area contributed by atoms with E-state index < -0.39 is 10.7 Å². The van der Waals surface area contributed by atoms with E-state index in [1.165, 1.54) is 0 Å². The van der Waals surface area contributed by atoms with Crippen molar-refractivity contribution in [3.8, 4) is 22.5 Å². The van der Waals surface area contributed by atoms with Crippen LogP contribution < -0.4 is 5.32 Å². The number of aromatic nitrogens is 2. The zero-order valence-electron chi connectivity index (χ0n) is 12.6. The third kappa shape index (κ3) is 4.10. The summed E-state index contributed by atoms with van der Waals surface area (Å²) in [6.45, 7) is 0. The van der Waals surface area contributed by atoms with Gasteiger partial charge in [0.1, 0.15) is 0 Å². The lowest BCUT2D eigenvalue weighted by Gasteiger charge is -2.06. The van der Waals surface area contributed by atoms with Crippen molar-refractivity contribution in [1.82, 2.24) is 10.2 Å². The third-order valence-corrected chi connectivity index (χ3v) is 4.46. The molecule has 0 saturated heterocycles. The topological polar surface area (TPSA) is 57.8 Å². The van der Waals surface area contributed by atoms with Crippen LogP contribution in [0.2, 0.25) is 10.0 Å². The number of benzene rings is 2. The molecule has 0 unspecified atom stereocenters. The lowest BCUT2D eigenvalue weighted by atomic mass is 10.1. The number of H-pyrrole nitrogens is 1. The maximum absolute atomic E-state index is 11.6. The third-order valence-electron chi connectivity index (χ3n) is 3.43. The summed E-state index contributed by atoms with van der Waals surface area (Å²) >= 11 is 23.5. The van der Waals surface area contributed by atoms with Crippen LogP contribution in [0.5, 0.6) is 0 Å². The fourth-order valence-corrected chi connectivity index (χ4v) is 3.02. The van der Waals surface area contributed by atoms with E-state index in [0.29, 0.717) is 32.7 Å². The predicted octanol–water partition coefficient (Wildman–Crippen LogP) is 5.79. The van der Waals surface area contributed by atoms with Gasteiger partial charge in [0.2, 0.25) is 0 Å². The van der Waals surface area contributed by atoms with Crippen LogP contribution in [0, 0.1) is 0 Å². The molecular formula is C17H11Cl4N3O. The van der Waals surface area contributed by atoms with Gasteiger partial charge in [-0.05, 0) is 30.3 Å². The van der Waals surface area contributed by atoms with Crippen LogP contribution >= 0.6 is 46.4 Å². The lowest BCUT2D eigenvalue weighted by Crippen LogP contribution is -2.18. The molecule has 0 atom stereocenters. The van der Waals surface area contributed by atoms with Gasteiger partial charge in [0, 0.05) is 16.8 Å². The highest BCUT2D eigenvalue weighted by Gasteiger charge is 2.14. The fraction of sp³-hybridized carbons (Fsp3) is 0.0588. The van der Waals surface area contributed by atoms with Gasteiger partial charge >= 0.3 is 0 Å². The van der Waals surface area contributed by atoms with E-state index in [0.717, 1.165) is 5.56 Å². The highest BCUT2D eigenvalue weighted by molar-refractivity contribution is 6.54. The zero-order chi connectivity index (χ0) is 18.0. The highest BCUT2D eigenvalue weighted by Crippen LogP contribution is 2.35. The molecule has 0 aliphatic heterocycles. The smallest absolute Gasteiger partial charge is 0.257 e. The fourth-order valence-electron chi connectivity index (χ4n) is 2.31. The van der Waals surface area contributed by atoms with Gasteiger partial charge < -0.3 is 5.32 Å². The molecule has 128 valence electrons. The molecule has 1 heterocycles. The molecule has 0 fully saturated rings. The average molecular weight is 415 g/mol. The van der Waals surface area contributed by atoms with Crippen molar-refractivity contribution in [2.24, 2.45) is 0 Å². The normalized spacial score (nSPS) is 10.9. The molecule has 3 aromatic rings. The lowest BCUT2D eigenvalue weighted by molar-refractivity contribution is -0.114. The van der Waals surface area contributed by atoms with E-state index in [-0.39, 0.29) is 0 Å². The van der Waals surface area contributed by atoms with Gasteiger partial charge in [-0.15, -0.1) is 0 Å². The van der Waals surface area contributed by atoms with Gasteiger partial charge in [0.25, 0.3) is 5.91 Å². The maximum Gasteiger partial charge on any atom is 0.257 e. The molecule has 0 spiro atoms. The molecular weight excluding hydrogens is 404 g/mol. The van der Waals surface area contributed by atoms with Crippen LogP contribution in [-0.2, 0) is 4.79 Å². The Kier molecular flexibility index (Phi) is 5.54. The number of hydrogen-bond donors (Lipinski definition) is 2. The van der Waals surface area contributed by atoms with Crippen molar-refractivity contribution in [1.29, 1.82) is 0 Å². The average Bonchev–Trinajstić information content (AvgIpc) is 3.04. The van der Waals surface area contributed by atoms with Gasteiger partial charge in [-0.3, -0.25) is 9.89 Å². The van der Waals surface area contributed by atoms with E-state index in [1.54, 1.807) is 36.4 Å². The Morgan fingerprint density at radius 1 is 1.04 bits per heavy atom. The van der Waals surface area contributed by atoms with Crippen molar-refractivity contribution in [2.45, 2.75) is 4.84 Å². The number of hydrogen-bond acceptors (Lipinski definition) is 2. The summed E-state index contributed by atoms with van der Waals surface area (Å²) in [5.74, 6) is -0.494. The van der Waals surface area contributed by atoms with Gasteiger partial charge in [0.05, 0.1) is 21.4 Å². The second-order valence-corrected chi connectivity index (χ2v) is 7.04. The summed E-state index contributed by atoms with van der Waals surface area (Å²) < 4.78 is 0. The molecule has 0 saturated carbocycles. The second kappa shape index (κ2) is 7.67. The number of aromatic amines is 1. The summed E-state index contributed by atoms with van der Waals surface area (Å²) in [5.41, 5.74) is 3.41. The van der Waals surface area contributed by atoms with Crippen LogP contribution in [0.3, 0.4) is 0 Å². The molecule has 2 N–H and O–H groups in total. The van der Waals surface area contributed by atoms with Gasteiger partial charge in [0.15, 0.2) is 4.84 Å². The van der Waals surface area contributed by atoms with Gasteiger partial charge in [-0.2, -0.15) is 5.10 Å². The minimum Gasteiger partial charge on any atom is -0.324 e. The first kappa shape index (κ1) is 18.1. The second-order valence-electron chi connectivity index (χ2n) is 5.13. The zero-order valence-corrected chi connectivity index (χ0v) is 15.6. The first-order valence-corrected chi connectivity index (χ1v) is 8.78. The quantitative estimate of drug-likeness (QED) is 0.530. The van der Waals surface area contributed by atoms with Crippen molar-refractivity contribution in [3.05, 3.63) is 58.6 Å². The first-order chi connectivity index (χ1) is 12.0. The molecule has 0 aliphatic carbocycles. The van der Waals surface area contributed by atoms with Crippen molar-refractivity contribution < 1.29 is 4.79 Å². The number of carbonyl (C=O) groups is 1. The molecule has 1 amide bonds. The number of alkyl halides is 2. The van der Waals surface area contributed by atoms with E-state index in [4.69, 9.17) is 46.4 Å². The molecule has 1 aromatic heterocycles. The Morgan fingerprint density at radius 2 is 1.72 bits per heavy atom. The molecule has 2 aromatic carbocycles. The number of anilines is 1. The standard InChI is InChI=1S/C17H11Cl4N3O/c18-11-5-2-6-12(19)15(11)14-8-13(23-24-14)9-3-1-4-10(7-9)22-17(25)16(20)21/h1-8,16H,(H,22,25)(H,23,24). The number of nitrogens with one attached hydrogen (secondary N) is 2. The van der Waals surface area contributed by atoms with E-state index in [9.17, 15) is 4.79 Å². The van der Waals surface area contributed by atoms with Crippen LogP contribution in [0.15, 0.2) is 48.5 Å². The first-order valence-electron chi connectivity index (χ1n) is 7.15. The SMILES string of the molecule is O=C(Nc1cccc(-c2cc(-c3c(Cl)cccc3Cl)[nH]n2)c1)C(Cl)Cl. The number of amides is 1. The summed E-state index contributed by atoms with van der Waals surface area (Å²) in [7, 11) is 0. The Morgan fingerprint density at radius 3 is 2.40 bits per heavy atom. The molecule has 0 aliphatic rings. The van der Waals surface area contributed by atoms with E-state index in [2.05, 4.69) is 15.5 Å². The molecule has 25 heavy (non-hydrogen) atoms. The summed E-state index contributed by atoms with van der Waals surface area (Å²) in [6, 6.07) is 14.3. The predicted molar refractivity (Wildman–Crippen MR) is 104 cm³/mol. The van der Waals surface area contributed by atoms with Crippen LogP contribution in [0.4, 0.5) is 5.69 Å². The van der Waals surface area contributed by atoms with Crippen LogP contribution in [0.1, 0.15) is 0 Å². The van der Waals surface area contributed by atoms with Crippen LogP contribution in [0.25, 0.3) is 22.5 Å². The largest absolute Gasteiger partial charge is 0.324 e. The molecule has 0 radical (unpaired) electrons. The summed E-state index contributed by atoms with van der Waals surface area (Å²) in [6.07, 6.45) is 0. The highest BCUT2D eigenvalue weighted by atomic mass is 35.5. The van der Waals surface area contributed by atoms with Crippen molar-refractivity contribution >= 4 is 58.0 Å². The molecule has 3 rings (SSSR count). The summed E-state index contributed by atoms with van der Waals surface area (Å²) in [4.78, 5) is 10.5. The summed E-state index contributed by atoms with van der Waals surface area (Å²) in [5, 5.41) is 10.9. The molecule has 4 nitrogen and oxygen atoms in total. The van der Waals surface area contributed by atoms with Crippen molar-refractivity contribution in [2.75, 3.05) is 5.32 Å². The maximum atomic E-state index is 11.6. The molecule has 8 heteroatoms. The Bertz CT molecular complexity index is 904. The minimum absolute atomic E-state index is 0.494. The Balaban J connectivity index is 1.92. The molecule has 0 bridgehead atoms. The van der Waals surface area contributed by atoms with E-state index >= 15 is 0 Å². The van der Waals surface area contributed by atoms with E-state index in [1.807, 2.05) is 12.1 Å². The minimum atomic E-state index is -1.14. The Hall–Kier alpha value is -1.72. The van der Waals surface area contributed by atoms with Crippen molar-refractivity contribution in [3.63, 3.8) is 0 Å². The monoisotopic (exact) mass is 413 g/mol. The number of nitrogens with zero attached hydrogens (tertiary/aromatic N) is 1. The number of rotatable bonds is 4. The van der Waals surface area contributed by atoms with Gasteiger partial charge in [-0.25, -0.2) is 0 Å².